The van der Waals surface area contributed by atoms with Crippen LogP contribution in [0.3, 0.4) is 0 Å². The Morgan fingerprint density at radius 1 is 1.15 bits per heavy atom. The molecule has 0 spiro atoms. The van der Waals surface area contributed by atoms with Crippen LogP contribution in [-0.2, 0) is 0 Å². The Morgan fingerprint density at radius 2 is 1.92 bits per heavy atom. The summed E-state index contributed by atoms with van der Waals surface area (Å²) in [5, 5.41) is 9.76. The molecule has 26 heavy (non-hydrogen) atoms. The van der Waals surface area contributed by atoms with Gasteiger partial charge in [-0.3, -0.25) is 0 Å². The van der Waals surface area contributed by atoms with Crippen molar-refractivity contribution in [2.75, 3.05) is 5.32 Å². The number of hydrogen-bond donors (Lipinski definition) is 2. The number of amides is 2. The standard InChI is InChI=1S/C20H22N4O2/c1-4-14(3)21-20(25)22-17-10-6-8-15(12-17)18-23-19(26-24-18)16-9-5-7-13(2)11-16/h5-12,14H,4H2,1-3H3,(H2,21,22,25)/t14-/m1/s1. The lowest BCUT2D eigenvalue weighted by atomic mass is 10.1. The second kappa shape index (κ2) is 7.82. The lowest BCUT2D eigenvalue weighted by Crippen LogP contribution is -2.35. The van der Waals surface area contributed by atoms with Crippen molar-refractivity contribution in [3.8, 4) is 22.8 Å². The number of carbonyl (C=O) groups excluding carboxylic acids is 1. The number of anilines is 1. The average molecular weight is 350 g/mol. The molecule has 0 bridgehead atoms. The molecule has 0 unspecified atom stereocenters. The second-order valence-corrected chi connectivity index (χ2v) is 6.28. The quantitative estimate of drug-likeness (QED) is 0.703. The van der Waals surface area contributed by atoms with Crippen LogP contribution >= 0.6 is 0 Å². The van der Waals surface area contributed by atoms with Crippen LogP contribution in [0.15, 0.2) is 53.1 Å². The third-order valence-electron chi connectivity index (χ3n) is 4.06. The zero-order chi connectivity index (χ0) is 18.5. The molecule has 6 heteroatoms. The molecule has 3 aromatic rings. The smallest absolute Gasteiger partial charge is 0.319 e. The van der Waals surface area contributed by atoms with Gasteiger partial charge in [-0.1, -0.05) is 41.9 Å². The van der Waals surface area contributed by atoms with Gasteiger partial charge in [-0.25, -0.2) is 4.79 Å². The van der Waals surface area contributed by atoms with Gasteiger partial charge in [-0.15, -0.1) is 0 Å². The first-order chi connectivity index (χ1) is 12.5. The van der Waals surface area contributed by atoms with E-state index in [1.165, 1.54) is 0 Å². The Balaban J connectivity index is 1.77. The summed E-state index contributed by atoms with van der Waals surface area (Å²) in [6.07, 6.45) is 0.873. The highest BCUT2D eigenvalue weighted by Crippen LogP contribution is 2.24. The van der Waals surface area contributed by atoms with E-state index in [0.717, 1.165) is 23.1 Å². The van der Waals surface area contributed by atoms with Crippen molar-refractivity contribution in [2.24, 2.45) is 0 Å². The van der Waals surface area contributed by atoms with Gasteiger partial charge in [0.05, 0.1) is 0 Å². The van der Waals surface area contributed by atoms with Crippen LogP contribution in [0.5, 0.6) is 0 Å². The summed E-state index contributed by atoms with van der Waals surface area (Å²) in [7, 11) is 0. The van der Waals surface area contributed by atoms with Crippen LogP contribution < -0.4 is 10.6 Å². The summed E-state index contributed by atoms with van der Waals surface area (Å²) in [5.41, 5.74) is 3.45. The Bertz CT molecular complexity index is 904. The molecule has 0 radical (unpaired) electrons. The Kier molecular flexibility index (Phi) is 5.31. The zero-order valence-corrected chi connectivity index (χ0v) is 15.1. The number of aryl methyl sites for hydroxylation is 1. The summed E-state index contributed by atoms with van der Waals surface area (Å²) >= 11 is 0. The Morgan fingerprint density at radius 3 is 2.69 bits per heavy atom. The fourth-order valence-corrected chi connectivity index (χ4v) is 2.47. The number of nitrogens with zero attached hydrogens (tertiary/aromatic N) is 2. The molecule has 2 aromatic carbocycles. The van der Waals surface area contributed by atoms with E-state index in [9.17, 15) is 4.79 Å². The van der Waals surface area contributed by atoms with Crippen LogP contribution in [0.2, 0.25) is 0 Å². The van der Waals surface area contributed by atoms with Crippen LogP contribution in [-0.4, -0.2) is 22.2 Å². The van der Waals surface area contributed by atoms with E-state index in [4.69, 9.17) is 4.52 Å². The fraction of sp³-hybridized carbons (Fsp3) is 0.250. The molecule has 1 aromatic heterocycles. The molecule has 0 aliphatic heterocycles. The molecule has 0 aliphatic rings. The lowest BCUT2D eigenvalue weighted by Gasteiger charge is -2.12. The van der Waals surface area contributed by atoms with E-state index in [2.05, 4.69) is 20.8 Å². The van der Waals surface area contributed by atoms with Crippen molar-refractivity contribution in [1.82, 2.24) is 15.5 Å². The van der Waals surface area contributed by atoms with Crippen LogP contribution in [0.4, 0.5) is 10.5 Å². The number of hydrogen-bond acceptors (Lipinski definition) is 4. The van der Waals surface area contributed by atoms with E-state index < -0.39 is 0 Å². The van der Waals surface area contributed by atoms with Crippen molar-refractivity contribution in [3.63, 3.8) is 0 Å². The van der Waals surface area contributed by atoms with Crippen molar-refractivity contribution in [1.29, 1.82) is 0 Å². The van der Waals surface area contributed by atoms with Crippen molar-refractivity contribution < 1.29 is 9.32 Å². The maximum absolute atomic E-state index is 12.0. The number of rotatable bonds is 5. The fourth-order valence-electron chi connectivity index (χ4n) is 2.47. The molecule has 134 valence electrons. The summed E-state index contributed by atoms with van der Waals surface area (Å²) in [4.78, 5) is 16.4. The minimum Gasteiger partial charge on any atom is -0.335 e. The maximum atomic E-state index is 12.0. The lowest BCUT2D eigenvalue weighted by molar-refractivity contribution is 0.249. The van der Waals surface area contributed by atoms with E-state index in [0.29, 0.717) is 17.4 Å². The van der Waals surface area contributed by atoms with E-state index in [-0.39, 0.29) is 12.1 Å². The van der Waals surface area contributed by atoms with Gasteiger partial charge < -0.3 is 15.2 Å². The number of urea groups is 1. The van der Waals surface area contributed by atoms with Gasteiger partial charge >= 0.3 is 6.03 Å². The molecule has 0 fully saturated rings. The van der Waals surface area contributed by atoms with Crippen molar-refractivity contribution in [3.05, 3.63) is 54.1 Å². The highest BCUT2D eigenvalue weighted by Gasteiger charge is 2.12. The molecule has 2 N–H and O–H groups in total. The van der Waals surface area contributed by atoms with Gasteiger partial charge in [0, 0.05) is 22.9 Å². The van der Waals surface area contributed by atoms with Gasteiger partial charge in [-0.2, -0.15) is 4.98 Å². The van der Waals surface area contributed by atoms with Crippen molar-refractivity contribution >= 4 is 11.7 Å². The predicted octanol–water partition coefficient (Wildman–Crippen LogP) is 4.63. The number of nitrogens with one attached hydrogen (secondary N) is 2. The van der Waals surface area contributed by atoms with Crippen LogP contribution in [0, 0.1) is 6.92 Å². The molecule has 2 amide bonds. The van der Waals surface area contributed by atoms with Gasteiger partial charge in [0.15, 0.2) is 0 Å². The normalized spacial score (nSPS) is 11.8. The molecule has 1 heterocycles. The molecule has 0 saturated carbocycles. The molecule has 0 saturated heterocycles. The highest BCUT2D eigenvalue weighted by atomic mass is 16.5. The van der Waals surface area contributed by atoms with Gasteiger partial charge in [-0.05, 0) is 44.5 Å². The highest BCUT2D eigenvalue weighted by molar-refractivity contribution is 5.90. The Labute approximate surface area is 152 Å². The van der Waals surface area contributed by atoms with E-state index in [1.54, 1.807) is 0 Å². The van der Waals surface area contributed by atoms with Crippen LogP contribution in [0.1, 0.15) is 25.8 Å². The molecule has 6 nitrogen and oxygen atoms in total. The largest absolute Gasteiger partial charge is 0.335 e. The topological polar surface area (TPSA) is 80.0 Å². The molecule has 3 rings (SSSR count). The zero-order valence-electron chi connectivity index (χ0n) is 15.1. The minimum atomic E-state index is -0.231. The Hall–Kier alpha value is -3.15. The van der Waals surface area contributed by atoms with Crippen molar-refractivity contribution in [2.45, 2.75) is 33.2 Å². The third kappa shape index (κ3) is 4.27. The first kappa shape index (κ1) is 17.7. The maximum Gasteiger partial charge on any atom is 0.319 e. The second-order valence-electron chi connectivity index (χ2n) is 6.28. The van der Waals surface area contributed by atoms with Gasteiger partial charge in [0.1, 0.15) is 0 Å². The third-order valence-corrected chi connectivity index (χ3v) is 4.06. The minimum absolute atomic E-state index is 0.118. The summed E-state index contributed by atoms with van der Waals surface area (Å²) in [5.74, 6) is 0.948. The van der Waals surface area contributed by atoms with Gasteiger partial charge in [0.2, 0.25) is 5.82 Å². The van der Waals surface area contributed by atoms with E-state index >= 15 is 0 Å². The summed E-state index contributed by atoms with van der Waals surface area (Å²) in [6, 6.07) is 15.1. The number of aromatic nitrogens is 2. The SMILES string of the molecule is CC[C@@H](C)NC(=O)Nc1cccc(-c2noc(-c3cccc(C)c3)n2)c1. The van der Waals surface area contributed by atoms with E-state index in [1.807, 2.05) is 69.3 Å². The average Bonchev–Trinajstić information content (AvgIpc) is 3.12. The molecule has 1 atom stereocenters. The summed E-state index contributed by atoms with van der Waals surface area (Å²) < 4.78 is 5.39. The number of benzene rings is 2. The first-order valence-corrected chi connectivity index (χ1v) is 8.64. The van der Waals surface area contributed by atoms with Gasteiger partial charge in [0.25, 0.3) is 5.89 Å². The molecular weight excluding hydrogens is 328 g/mol. The predicted molar refractivity (Wildman–Crippen MR) is 102 cm³/mol. The first-order valence-electron chi connectivity index (χ1n) is 8.64. The molecule has 0 aliphatic carbocycles. The monoisotopic (exact) mass is 350 g/mol. The number of carbonyl (C=O) groups is 1. The van der Waals surface area contributed by atoms with Crippen LogP contribution in [0.25, 0.3) is 22.8 Å². The molecular formula is C20H22N4O2. The summed E-state index contributed by atoms with van der Waals surface area (Å²) in [6.45, 7) is 6.00.